The molecule has 1 atom stereocenters. The summed E-state index contributed by atoms with van der Waals surface area (Å²) in [6, 6.07) is 7.17. The maximum atomic E-state index is 12.7. The largest absolute Gasteiger partial charge is 0.382 e. The summed E-state index contributed by atoms with van der Waals surface area (Å²) < 4.78 is 5.28. The number of carbonyl (C=O) groups is 2. The predicted molar refractivity (Wildman–Crippen MR) is 93.7 cm³/mol. The maximum Gasteiger partial charge on any atom is 0.255 e. The first-order valence-corrected chi connectivity index (χ1v) is 8.79. The van der Waals surface area contributed by atoms with Crippen LogP contribution >= 0.6 is 0 Å². The molecule has 2 amide bonds. The first-order valence-electron chi connectivity index (χ1n) is 8.79. The average molecular weight is 332 g/mol. The molecule has 24 heavy (non-hydrogen) atoms. The minimum Gasteiger partial charge on any atom is -0.382 e. The highest BCUT2D eigenvalue weighted by molar-refractivity contribution is 6.01. The molecule has 132 valence electrons. The summed E-state index contributed by atoms with van der Waals surface area (Å²) in [5, 5.41) is 2.96. The van der Waals surface area contributed by atoms with Crippen LogP contribution in [-0.4, -0.2) is 42.5 Å². The van der Waals surface area contributed by atoms with E-state index in [1.807, 2.05) is 31.2 Å². The number of rotatable bonds is 9. The number of fused-ring (bicyclic) bond motifs is 1. The zero-order valence-corrected chi connectivity index (χ0v) is 14.9. The van der Waals surface area contributed by atoms with Crippen molar-refractivity contribution >= 4 is 11.8 Å². The molecule has 1 aliphatic rings. The molecule has 1 aliphatic heterocycles. The molecule has 1 aromatic carbocycles. The van der Waals surface area contributed by atoms with E-state index in [0.717, 1.165) is 17.5 Å². The molecule has 0 aromatic heterocycles. The summed E-state index contributed by atoms with van der Waals surface area (Å²) in [5.74, 6) is 0.225. The first kappa shape index (κ1) is 18.5. The molecule has 1 N–H and O–H groups in total. The first-order chi connectivity index (χ1) is 11.5. The van der Waals surface area contributed by atoms with Crippen LogP contribution < -0.4 is 5.32 Å². The van der Waals surface area contributed by atoms with Gasteiger partial charge in [0.15, 0.2) is 0 Å². The van der Waals surface area contributed by atoms with E-state index in [1.54, 1.807) is 4.90 Å². The lowest BCUT2D eigenvalue weighted by Gasteiger charge is -2.28. The Hall–Kier alpha value is -1.88. The number of ether oxygens (including phenoxy) is 1. The van der Waals surface area contributed by atoms with Crippen LogP contribution in [0.15, 0.2) is 24.3 Å². The Morgan fingerprint density at radius 2 is 2.08 bits per heavy atom. The van der Waals surface area contributed by atoms with Crippen LogP contribution in [0.3, 0.4) is 0 Å². The van der Waals surface area contributed by atoms with E-state index in [-0.39, 0.29) is 11.8 Å². The van der Waals surface area contributed by atoms with Gasteiger partial charge < -0.3 is 15.0 Å². The van der Waals surface area contributed by atoms with E-state index in [1.165, 1.54) is 0 Å². The monoisotopic (exact) mass is 332 g/mol. The van der Waals surface area contributed by atoms with Crippen molar-refractivity contribution in [3.63, 3.8) is 0 Å². The third kappa shape index (κ3) is 4.57. The van der Waals surface area contributed by atoms with Crippen molar-refractivity contribution in [2.75, 3.05) is 19.8 Å². The van der Waals surface area contributed by atoms with Crippen LogP contribution in [0, 0.1) is 5.92 Å². The second-order valence-electron chi connectivity index (χ2n) is 6.58. The Balaban J connectivity index is 2.01. The molecule has 1 aromatic rings. The second-order valence-corrected chi connectivity index (χ2v) is 6.58. The van der Waals surface area contributed by atoms with Gasteiger partial charge in [-0.15, -0.1) is 0 Å². The zero-order chi connectivity index (χ0) is 17.5. The predicted octanol–water partition coefficient (Wildman–Crippen LogP) is 2.60. The molecule has 5 nitrogen and oxygen atoms in total. The Bertz CT molecular complexity index is 571. The fourth-order valence-corrected chi connectivity index (χ4v) is 3.00. The van der Waals surface area contributed by atoms with Crippen molar-refractivity contribution in [2.24, 2.45) is 5.92 Å². The SMILES string of the molecule is CCOCCCNC(=O)[C@@H](CC(C)C)N1Cc2ccccc2C1=O. The minimum atomic E-state index is -0.419. The molecule has 2 rings (SSSR count). The van der Waals surface area contributed by atoms with Crippen molar-refractivity contribution in [3.05, 3.63) is 35.4 Å². The van der Waals surface area contributed by atoms with Gasteiger partial charge in [0.2, 0.25) is 5.91 Å². The van der Waals surface area contributed by atoms with E-state index in [2.05, 4.69) is 19.2 Å². The third-order valence-electron chi connectivity index (χ3n) is 4.19. The van der Waals surface area contributed by atoms with E-state index >= 15 is 0 Å². The van der Waals surface area contributed by atoms with Crippen LogP contribution in [0.4, 0.5) is 0 Å². The lowest BCUT2D eigenvalue weighted by Crippen LogP contribution is -2.48. The lowest BCUT2D eigenvalue weighted by molar-refractivity contribution is -0.126. The minimum absolute atomic E-state index is 0.0410. The molecule has 0 bridgehead atoms. The summed E-state index contributed by atoms with van der Waals surface area (Å²) in [6.45, 7) is 8.51. The molecule has 0 saturated carbocycles. The molecule has 5 heteroatoms. The van der Waals surface area contributed by atoms with Gasteiger partial charge in [-0.25, -0.2) is 0 Å². The fourth-order valence-electron chi connectivity index (χ4n) is 3.00. The second kappa shape index (κ2) is 8.83. The summed E-state index contributed by atoms with van der Waals surface area (Å²) in [7, 11) is 0. The van der Waals surface area contributed by atoms with E-state index in [4.69, 9.17) is 4.74 Å². The number of benzene rings is 1. The molecular weight excluding hydrogens is 304 g/mol. The Labute approximate surface area is 144 Å². The molecule has 0 unspecified atom stereocenters. The quantitative estimate of drug-likeness (QED) is 0.707. The van der Waals surface area contributed by atoms with E-state index in [9.17, 15) is 9.59 Å². The molecule has 1 heterocycles. The third-order valence-corrected chi connectivity index (χ3v) is 4.19. The van der Waals surface area contributed by atoms with Crippen molar-refractivity contribution in [1.29, 1.82) is 0 Å². The van der Waals surface area contributed by atoms with Gasteiger partial charge in [-0.2, -0.15) is 0 Å². The van der Waals surface area contributed by atoms with Crippen molar-refractivity contribution < 1.29 is 14.3 Å². The van der Waals surface area contributed by atoms with Crippen LogP contribution in [-0.2, 0) is 16.1 Å². The molecule has 0 radical (unpaired) electrons. The number of carbonyl (C=O) groups excluding carboxylic acids is 2. The van der Waals surface area contributed by atoms with Crippen LogP contribution in [0.25, 0.3) is 0 Å². The maximum absolute atomic E-state index is 12.7. The number of nitrogens with zero attached hydrogens (tertiary/aromatic N) is 1. The van der Waals surface area contributed by atoms with Gasteiger partial charge in [0.05, 0.1) is 0 Å². The topological polar surface area (TPSA) is 58.6 Å². The molecular formula is C19H28N2O3. The standard InChI is InChI=1S/C19H28N2O3/c1-4-24-11-7-10-20-18(22)17(12-14(2)3)21-13-15-8-5-6-9-16(15)19(21)23/h5-6,8-9,14,17H,4,7,10-13H2,1-3H3,(H,20,22)/t17-/m1/s1. The highest BCUT2D eigenvalue weighted by Crippen LogP contribution is 2.26. The Kier molecular flexibility index (Phi) is 6.79. The van der Waals surface area contributed by atoms with Crippen molar-refractivity contribution in [2.45, 2.75) is 46.2 Å². The number of hydrogen-bond donors (Lipinski definition) is 1. The normalized spacial score (nSPS) is 14.8. The number of amides is 2. The summed E-state index contributed by atoms with van der Waals surface area (Å²) in [5.41, 5.74) is 1.72. The smallest absolute Gasteiger partial charge is 0.255 e. The van der Waals surface area contributed by atoms with E-state index < -0.39 is 6.04 Å². The lowest BCUT2D eigenvalue weighted by atomic mass is 10.0. The van der Waals surface area contributed by atoms with E-state index in [0.29, 0.717) is 38.6 Å². The Morgan fingerprint density at radius 1 is 1.33 bits per heavy atom. The van der Waals surface area contributed by atoms with Crippen LogP contribution in [0.1, 0.15) is 49.5 Å². The Morgan fingerprint density at radius 3 is 2.75 bits per heavy atom. The van der Waals surface area contributed by atoms with Gasteiger partial charge in [0.25, 0.3) is 5.91 Å². The van der Waals surface area contributed by atoms with Gasteiger partial charge in [-0.1, -0.05) is 32.0 Å². The van der Waals surface area contributed by atoms with Crippen LogP contribution in [0.5, 0.6) is 0 Å². The summed E-state index contributed by atoms with van der Waals surface area (Å²) in [6.07, 6.45) is 1.44. The van der Waals surface area contributed by atoms with Gasteiger partial charge in [0, 0.05) is 31.9 Å². The molecule has 0 aliphatic carbocycles. The average Bonchev–Trinajstić information content (AvgIpc) is 2.89. The van der Waals surface area contributed by atoms with Crippen LogP contribution in [0.2, 0.25) is 0 Å². The summed E-state index contributed by atoms with van der Waals surface area (Å²) in [4.78, 5) is 27.0. The van der Waals surface area contributed by atoms with Crippen molar-refractivity contribution in [1.82, 2.24) is 10.2 Å². The zero-order valence-electron chi connectivity index (χ0n) is 14.9. The fraction of sp³-hybridized carbons (Fsp3) is 0.579. The highest BCUT2D eigenvalue weighted by atomic mass is 16.5. The highest BCUT2D eigenvalue weighted by Gasteiger charge is 2.36. The van der Waals surface area contributed by atoms with Gasteiger partial charge in [-0.05, 0) is 37.3 Å². The van der Waals surface area contributed by atoms with Gasteiger partial charge in [0.1, 0.15) is 6.04 Å². The van der Waals surface area contributed by atoms with Gasteiger partial charge in [-0.3, -0.25) is 9.59 Å². The molecule has 0 spiro atoms. The molecule has 0 fully saturated rings. The van der Waals surface area contributed by atoms with Gasteiger partial charge >= 0.3 is 0 Å². The summed E-state index contributed by atoms with van der Waals surface area (Å²) >= 11 is 0. The van der Waals surface area contributed by atoms with Crippen molar-refractivity contribution in [3.8, 4) is 0 Å². The number of nitrogens with one attached hydrogen (secondary N) is 1. The number of hydrogen-bond acceptors (Lipinski definition) is 3. The molecule has 0 saturated heterocycles.